The summed E-state index contributed by atoms with van der Waals surface area (Å²) in [7, 11) is 0. The van der Waals surface area contributed by atoms with E-state index >= 15 is 0 Å². The maximum Gasteiger partial charge on any atom is 0.273 e. The predicted octanol–water partition coefficient (Wildman–Crippen LogP) is 4.50. The molecule has 0 aliphatic heterocycles. The molecule has 0 aromatic heterocycles. The molecular weight excluding hydrogens is 270 g/mol. The van der Waals surface area contributed by atoms with Crippen LogP contribution in [0.3, 0.4) is 0 Å². The van der Waals surface area contributed by atoms with Crippen LogP contribution in [0.25, 0.3) is 0 Å². The molecule has 0 unspecified atom stereocenters. The molecule has 0 atom stereocenters. The Hall–Kier alpha value is 1.33. The number of hydrogen-bond donors (Lipinski definition) is 0. The Morgan fingerprint density at radius 1 is 1.17 bits per heavy atom. The minimum atomic E-state index is -2.23. The molecule has 0 aliphatic carbocycles. The van der Waals surface area contributed by atoms with Crippen molar-refractivity contribution in [1.82, 2.24) is 0 Å². The Bertz CT molecular complexity index is 177. The van der Waals surface area contributed by atoms with E-state index in [1.165, 1.54) is 0 Å². The third kappa shape index (κ3) is 5.89. The molecule has 0 rings (SSSR count). The topological polar surface area (TPSA) is 0 Å². The normalized spacial score (nSPS) is 15.1. The fourth-order valence-corrected chi connectivity index (χ4v) is 7.28. The minimum absolute atomic E-state index is 0.831. The third-order valence-corrected chi connectivity index (χ3v) is 6.25. The lowest BCUT2D eigenvalue weighted by Gasteiger charge is -2.16. The summed E-state index contributed by atoms with van der Waals surface area (Å²) in [6.07, 6.45) is 0.831. The van der Waals surface area contributed by atoms with Gasteiger partial charge in [-0.15, -0.1) is 44.3 Å². The molecular formula is C6H12Cl4Si2. The van der Waals surface area contributed by atoms with Crippen LogP contribution in [0.15, 0.2) is 10.9 Å². The van der Waals surface area contributed by atoms with Gasteiger partial charge in [-0.1, -0.05) is 17.8 Å². The Morgan fingerprint density at radius 3 is 1.67 bits per heavy atom. The van der Waals surface area contributed by atoms with Gasteiger partial charge in [-0.3, -0.25) is 0 Å². The van der Waals surface area contributed by atoms with E-state index in [1.807, 2.05) is 25.7 Å². The van der Waals surface area contributed by atoms with Crippen LogP contribution in [0.5, 0.6) is 0 Å². The van der Waals surface area contributed by atoms with Crippen molar-refractivity contribution in [1.29, 1.82) is 0 Å². The van der Waals surface area contributed by atoms with E-state index in [-0.39, 0.29) is 0 Å². The average molecular weight is 282 g/mol. The van der Waals surface area contributed by atoms with Gasteiger partial charge >= 0.3 is 0 Å². The van der Waals surface area contributed by atoms with Crippen molar-refractivity contribution in [3.05, 3.63) is 10.9 Å². The Kier molecular flexibility index (Phi) is 5.24. The van der Waals surface area contributed by atoms with Crippen molar-refractivity contribution in [3.8, 4) is 0 Å². The predicted molar refractivity (Wildman–Crippen MR) is 65.0 cm³/mol. The summed E-state index contributed by atoms with van der Waals surface area (Å²) in [4.78, 5) is 0. The van der Waals surface area contributed by atoms with Crippen LogP contribution in [-0.4, -0.2) is 13.4 Å². The summed E-state index contributed by atoms with van der Waals surface area (Å²) in [5, 5.41) is 1.03. The molecule has 0 aromatic rings. The van der Waals surface area contributed by atoms with Crippen LogP contribution in [0.2, 0.25) is 13.1 Å². The van der Waals surface area contributed by atoms with Crippen LogP contribution in [0, 0.1) is 0 Å². The largest absolute Gasteiger partial charge is 0.273 e. The van der Waals surface area contributed by atoms with Crippen LogP contribution < -0.4 is 0 Å². The second-order valence-corrected chi connectivity index (χ2v) is 17.9. The molecule has 72 valence electrons. The van der Waals surface area contributed by atoms with E-state index in [0.717, 1.165) is 11.6 Å². The van der Waals surface area contributed by atoms with Gasteiger partial charge in [0.25, 0.3) is 13.4 Å². The fourth-order valence-electron chi connectivity index (χ4n) is 0.845. The van der Waals surface area contributed by atoms with Crippen molar-refractivity contribution in [2.45, 2.75) is 26.4 Å². The molecule has 0 bridgehead atoms. The Balaban J connectivity index is 4.68. The molecule has 0 aromatic carbocycles. The zero-order valence-electron chi connectivity index (χ0n) is 7.30. The highest BCUT2D eigenvalue weighted by molar-refractivity contribution is 7.50. The van der Waals surface area contributed by atoms with Crippen molar-refractivity contribution >= 4 is 57.7 Å². The van der Waals surface area contributed by atoms with Gasteiger partial charge in [0.1, 0.15) is 0 Å². The highest BCUT2D eigenvalue weighted by Crippen LogP contribution is 2.30. The van der Waals surface area contributed by atoms with Gasteiger partial charge in [0.05, 0.1) is 0 Å². The summed E-state index contributed by atoms with van der Waals surface area (Å²) in [5.41, 5.74) is 1.88. The van der Waals surface area contributed by atoms with E-state index in [1.54, 1.807) is 0 Å². The molecule has 0 amide bonds. The first kappa shape index (κ1) is 13.3. The smallest absolute Gasteiger partial charge is 0.141 e. The van der Waals surface area contributed by atoms with Crippen molar-refractivity contribution in [3.63, 3.8) is 0 Å². The lowest BCUT2D eigenvalue weighted by Crippen LogP contribution is -2.21. The number of hydrogen-bond acceptors (Lipinski definition) is 0. The van der Waals surface area contributed by atoms with Crippen molar-refractivity contribution in [2.24, 2.45) is 0 Å². The number of halogens is 4. The third-order valence-electron chi connectivity index (χ3n) is 1.37. The maximum absolute atomic E-state index is 6.05. The molecule has 0 spiro atoms. The van der Waals surface area contributed by atoms with E-state index in [2.05, 4.69) is 0 Å². The van der Waals surface area contributed by atoms with Crippen LogP contribution >= 0.6 is 44.3 Å². The number of allylic oxidation sites excluding steroid dienone is 1. The average Bonchev–Trinajstić information content (AvgIpc) is 1.78. The summed E-state index contributed by atoms with van der Waals surface area (Å²) in [6, 6.07) is 0. The molecule has 12 heavy (non-hydrogen) atoms. The van der Waals surface area contributed by atoms with Gasteiger partial charge in [0.2, 0.25) is 0 Å². The summed E-state index contributed by atoms with van der Waals surface area (Å²) in [5.74, 6) is 0. The molecule has 0 heterocycles. The van der Waals surface area contributed by atoms with Gasteiger partial charge in [-0.05, 0) is 19.5 Å². The summed E-state index contributed by atoms with van der Waals surface area (Å²) < 4.78 is 0. The van der Waals surface area contributed by atoms with E-state index in [4.69, 9.17) is 44.3 Å². The van der Waals surface area contributed by atoms with Crippen LogP contribution in [-0.2, 0) is 0 Å². The Morgan fingerprint density at radius 2 is 1.58 bits per heavy atom. The van der Waals surface area contributed by atoms with Gasteiger partial charge in [-0.2, -0.15) is 0 Å². The van der Waals surface area contributed by atoms with Crippen LogP contribution in [0.1, 0.15) is 13.3 Å². The molecule has 0 saturated carbocycles. The molecule has 0 aliphatic rings. The molecule has 6 heteroatoms. The minimum Gasteiger partial charge on any atom is -0.141 e. The van der Waals surface area contributed by atoms with Gasteiger partial charge in [-0.25, -0.2) is 0 Å². The second-order valence-electron chi connectivity index (χ2n) is 2.87. The highest BCUT2D eigenvalue weighted by atomic mass is 35.7. The molecule has 0 radical (unpaired) electrons. The van der Waals surface area contributed by atoms with E-state index < -0.39 is 13.4 Å². The SMILES string of the molecule is CCC(=C[Si](C)(Cl)Cl)[Si](C)(Cl)Cl. The summed E-state index contributed by atoms with van der Waals surface area (Å²) in [6.45, 7) is 1.28. The maximum atomic E-state index is 6.05. The molecule has 0 nitrogen and oxygen atoms in total. The first-order chi connectivity index (χ1) is 5.17. The zero-order valence-corrected chi connectivity index (χ0v) is 12.3. The first-order valence-electron chi connectivity index (χ1n) is 3.64. The molecule has 0 saturated heterocycles. The summed E-state index contributed by atoms with van der Waals surface area (Å²) >= 11 is 24.0. The Labute approximate surface area is 94.7 Å². The van der Waals surface area contributed by atoms with Crippen LogP contribution in [0.4, 0.5) is 0 Å². The van der Waals surface area contributed by atoms with Gasteiger partial charge in [0, 0.05) is 0 Å². The van der Waals surface area contributed by atoms with Crippen molar-refractivity contribution in [2.75, 3.05) is 0 Å². The van der Waals surface area contributed by atoms with Crippen molar-refractivity contribution < 1.29 is 0 Å². The lowest BCUT2D eigenvalue weighted by atomic mass is 10.5. The monoisotopic (exact) mass is 280 g/mol. The highest BCUT2D eigenvalue weighted by Gasteiger charge is 2.29. The molecule has 0 N–H and O–H groups in total. The van der Waals surface area contributed by atoms with E-state index in [9.17, 15) is 0 Å². The second kappa shape index (κ2) is 4.71. The quantitative estimate of drug-likeness (QED) is 0.528. The zero-order chi connectivity index (χ0) is 9.99. The first-order valence-corrected chi connectivity index (χ1v) is 12.8. The lowest BCUT2D eigenvalue weighted by molar-refractivity contribution is 1.19. The fraction of sp³-hybridized carbons (Fsp3) is 0.667. The van der Waals surface area contributed by atoms with Gasteiger partial charge < -0.3 is 0 Å². The standard InChI is InChI=1S/C6H12Cl4Si2/c1-4-6(12(3,9)10)5-11(2,7)8/h5H,4H2,1-3H3. The molecule has 0 fully saturated rings. The van der Waals surface area contributed by atoms with Gasteiger partial charge in [0.15, 0.2) is 0 Å². The number of rotatable bonds is 3. The van der Waals surface area contributed by atoms with E-state index in [0.29, 0.717) is 0 Å².